The van der Waals surface area contributed by atoms with Gasteiger partial charge in [0, 0.05) is 19.2 Å². The minimum atomic E-state index is -0.0577. The second-order valence-corrected chi connectivity index (χ2v) is 2.61. The number of carbonyl (C=O) groups excluding carboxylic acids is 1. The van der Waals surface area contributed by atoms with Gasteiger partial charge in [0.15, 0.2) is 0 Å². The molecule has 0 heterocycles. The molecule has 0 aromatic heterocycles. The lowest BCUT2D eigenvalue weighted by molar-refractivity contribution is 0.0937. The summed E-state index contributed by atoms with van der Waals surface area (Å²) in [6, 6.07) is 9.12. The van der Waals surface area contributed by atoms with Crippen LogP contribution < -0.4 is 11.1 Å². The van der Waals surface area contributed by atoms with E-state index in [1.54, 1.807) is 19.2 Å². The minimum absolute atomic E-state index is 0.0577. The van der Waals surface area contributed by atoms with Gasteiger partial charge in [0.1, 0.15) is 0 Å². The molecule has 0 radical (unpaired) electrons. The van der Waals surface area contributed by atoms with Crippen LogP contribution in [0.2, 0.25) is 0 Å². The summed E-state index contributed by atoms with van der Waals surface area (Å²) in [7, 11) is 3.11. The summed E-state index contributed by atoms with van der Waals surface area (Å²) < 4.78 is 4.81. The Morgan fingerprint density at radius 2 is 1.93 bits per heavy atom. The third-order valence-electron chi connectivity index (χ3n) is 1.63. The Bertz CT molecular complexity index is 263. The lowest BCUT2D eigenvalue weighted by Crippen LogP contribution is -2.26. The molecule has 0 atom stereocenters. The Hall–Kier alpha value is -1.39. The molecule has 0 saturated carbocycles. The van der Waals surface area contributed by atoms with Gasteiger partial charge in [-0.25, -0.2) is 0 Å². The molecule has 4 heteroatoms. The van der Waals surface area contributed by atoms with E-state index in [4.69, 9.17) is 4.74 Å². The van der Waals surface area contributed by atoms with Gasteiger partial charge < -0.3 is 15.8 Å². The first-order valence-corrected chi connectivity index (χ1v) is 4.74. The zero-order valence-corrected chi connectivity index (χ0v) is 9.19. The SMILES string of the molecule is CN.COCCNC(=O)c1ccccc1. The van der Waals surface area contributed by atoms with Gasteiger partial charge in [-0.15, -0.1) is 0 Å². The van der Waals surface area contributed by atoms with E-state index in [0.29, 0.717) is 18.7 Å². The van der Waals surface area contributed by atoms with E-state index in [1.165, 1.54) is 7.05 Å². The van der Waals surface area contributed by atoms with Crippen molar-refractivity contribution in [3.05, 3.63) is 35.9 Å². The Morgan fingerprint density at radius 1 is 1.33 bits per heavy atom. The van der Waals surface area contributed by atoms with Crippen molar-refractivity contribution in [2.45, 2.75) is 0 Å². The second kappa shape index (κ2) is 9.18. The van der Waals surface area contributed by atoms with E-state index in [9.17, 15) is 4.79 Å². The summed E-state index contributed by atoms with van der Waals surface area (Å²) in [5, 5.41) is 2.74. The van der Waals surface area contributed by atoms with Gasteiger partial charge in [0.25, 0.3) is 5.91 Å². The molecule has 0 fully saturated rings. The standard InChI is InChI=1S/C10H13NO2.CH5N/c1-13-8-7-11-10(12)9-5-3-2-4-6-9;1-2/h2-6H,7-8H2,1H3,(H,11,12);2H2,1H3. The van der Waals surface area contributed by atoms with Gasteiger partial charge in [-0.2, -0.15) is 0 Å². The molecule has 15 heavy (non-hydrogen) atoms. The zero-order chi connectivity index (χ0) is 11.5. The van der Waals surface area contributed by atoms with E-state index in [0.717, 1.165) is 0 Å². The van der Waals surface area contributed by atoms with Gasteiger partial charge in [-0.3, -0.25) is 4.79 Å². The number of hydrogen-bond donors (Lipinski definition) is 2. The molecule has 84 valence electrons. The smallest absolute Gasteiger partial charge is 0.251 e. The monoisotopic (exact) mass is 210 g/mol. The molecule has 0 saturated heterocycles. The van der Waals surface area contributed by atoms with Crippen LogP contribution in [0.5, 0.6) is 0 Å². The number of amides is 1. The van der Waals surface area contributed by atoms with Gasteiger partial charge in [0.05, 0.1) is 6.61 Å². The highest BCUT2D eigenvalue weighted by Crippen LogP contribution is 1.96. The molecule has 0 bridgehead atoms. The van der Waals surface area contributed by atoms with Crippen molar-refractivity contribution in [2.24, 2.45) is 5.73 Å². The Morgan fingerprint density at radius 3 is 2.47 bits per heavy atom. The lowest BCUT2D eigenvalue weighted by Gasteiger charge is -2.03. The third-order valence-corrected chi connectivity index (χ3v) is 1.63. The quantitative estimate of drug-likeness (QED) is 0.717. The van der Waals surface area contributed by atoms with Gasteiger partial charge in [-0.1, -0.05) is 18.2 Å². The number of nitrogens with one attached hydrogen (secondary N) is 1. The molecular formula is C11H18N2O2. The highest BCUT2D eigenvalue weighted by atomic mass is 16.5. The average Bonchev–Trinajstić information content (AvgIpc) is 2.33. The molecule has 0 unspecified atom stereocenters. The number of hydrogen-bond acceptors (Lipinski definition) is 3. The molecule has 1 aromatic carbocycles. The maximum atomic E-state index is 11.4. The number of carbonyl (C=O) groups is 1. The first-order valence-electron chi connectivity index (χ1n) is 4.74. The zero-order valence-electron chi connectivity index (χ0n) is 9.19. The summed E-state index contributed by atoms with van der Waals surface area (Å²) in [5.41, 5.74) is 5.18. The first-order chi connectivity index (χ1) is 7.34. The van der Waals surface area contributed by atoms with Crippen LogP contribution in [-0.4, -0.2) is 33.2 Å². The molecule has 1 rings (SSSR count). The fourth-order valence-electron chi connectivity index (χ4n) is 0.958. The number of benzene rings is 1. The minimum Gasteiger partial charge on any atom is -0.383 e. The van der Waals surface area contributed by atoms with Crippen LogP contribution in [0.3, 0.4) is 0 Å². The molecule has 3 N–H and O–H groups in total. The summed E-state index contributed by atoms with van der Waals surface area (Å²) >= 11 is 0. The van der Waals surface area contributed by atoms with Crippen molar-refractivity contribution >= 4 is 5.91 Å². The van der Waals surface area contributed by atoms with Gasteiger partial charge in [-0.05, 0) is 19.2 Å². The maximum absolute atomic E-state index is 11.4. The van der Waals surface area contributed by atoms with Crippen LogP contribution in [0.25, 0.3) is 0 Å². The largest absolute Gasteiger partial charge is 0.383 e. The molecule has 0 aliphatic carbocycles. The van der Waals surface area contributed by atoms with Crippen LogP contribution in [0.4, 0.5) is 0 Å². The van der Waals surface area contributed by atoms with Crippen LogP contribution >= 0.6 is 0 Å². The summed E-state index contributed by atoms with van der Waals surface area (Å²) in [4.78, 5) is 11.4. The van der Waals surface area contributed by atoms with E-state index in [-0.39, 0.29) is 5.91 Å². The van der Waals surface area contributed by atoms with Crippen molar-refractivity contribution in [1.82, 2.24) is 5.32 Å². The van der Waals surface area contributed by atoms with Crippen molar-refractivity contribution in [3.63, 3.8) is 0 Å². The Kier molecular flexibility index (Phi) is 8.33. The molecule has 1 amide bonds. The Balaban J connectivity index is 0.000000921. The first kappa shape index (κ1) is 13.6. The second-order valence-electron chi connectivity index (χ2n) is 2.61. The highest BCUT2D eigenvalue weighted by Gasteiger charge is 2.01. The number of methoxy groups -OCH3 is 1. The van der Waals surface area contributed by atoms with Crippen LogP contribution in [0.15, 0.2) is 30.3 Å². The molecule has 0 aliphatic rings. The molecule has 4 nitrogen and oxygen atoms in total. The third kappa shape index (κ3) is 5.83. The van der Waals surface area contributed by atoms with E-state index in [1.807, 2.05) is 18.2 Å². The summed E-state index contributed by atoms with van der Waals surface area (Å²) in [6.45, 7) is 1.09. The van der Waals surface area contributed by atoms with E-state index < -0.39 is 0 Å². The number of rotatable bonds is 4. The van der Waals surface area contributed by atoms with Crippen molar-refractivity contribution < 1.29 is 9.53 Å². The topological polar surface area (TPSA) is 64.3 Å². The van der Waals surface area contributed by atoms with Crippen LogP contribution in [0.1, 0.15) is 10.4 Å². The van der Waals surface area contributed by atoms with Crippen LogP contribution in [0, 0.1) is 0 Å². The fraction of sp³-hybridized carbons (Fsp3) is 0.364. The molecule has 0 aliphatic heterocycles. The van der Waals surface area contributed by atoms with E-state index in [2.05, 4.69) is 11.1 Å². The van der Waals surface area contributed by atoms with Crippen molar-refractivity contribution in [1.29, 1.82) is 0 Å². The van der Waals surface area contributed by atoms with Gasteiger partial charge in [0.2, 0.25) is 0 Å². The Labute approximate surface area is 90.4 Å². The maximum Gasteiger partial charge on any atom is 0.251 e. The fourth-order valence-corrected chi connectivity index (χ4v) is 0.958. The molecular weight excluding hydrogens is 192 g/mol. The number of nitrogens with two attached hydrogens (primary N) is 1. The van der Waals surface area contributed by atoms with Crippen molar-refractivity contribution in [3.8, 4) is 0 Å². The average molecular weight is 210 g/mol. The normalized spacial score (nSPS) is 8.73. The van der Waals surface area contributed by atoms with Gasteiger partial charge >= 0.3 is 0 Å². The molecule has 1 aromatic rings. The highest BCUT2D eigenvalue weighted by molar-refractivity contribution is 5.94. The summed E-state index contributed by atoms with van der Waals surface area (Å²) in [5.74, 6) is -0.0577. The predicted octanol–water partition coefficient (Wildman–Crippen LogP) is 0.638. The molecule has 0 spiro atoms. The van der Waals surface area contributed by atoms with Crippen LogP contribution in [-0.2, 0) is 4.74 Å². The van der Waals surface area contributed by atoms with E-state index >= 15 is 0 Å². The predicted molar refractivity (Wildman–Crippen MR) is 60.8 cm³/mol. The lowest BCUT2D eigenvalue weighted by atomic mass is 10.2. The summed E-state index contributed by atoms with van der Waals surface area (Å²) in [6.07, 6.45) is 0. The number of ether oxygens (including phenoxy) is 1. The van der Waals surface area contributed by atoms with Crippen molar-refractivity contribution in [2.75, 3.05) is 27.3 Å².